The van der Waals surface area contributed by atoms with E-state index in [2.05, 4.69) is 23.6 Å². The van der Waals surface area contributed by atoms with E-state index in [1.807, 2.05) is 18.2 Å². The lowest BCUT2D eigenvalue weighted by molar-refractivity contribution is 0.104. The summed E-state index contributed by atoms with van der Waals surface area (Å²) >= 11 is 0. The van der Waals surface area contributed by atoms with Gasteiger partial charge in [0.05, 0.1) is 13.2 Å². The molecule has 4 rings (SSSR count). The second kappa shape index (κ2) is 11.1. The molecule has 35 heavy (non-hydrogen) atoms. The van der Waals surface area contributed by atoms with Crippen LogP contribution in [0.15, 0.2) is 71.5 Å². The van der Waals surface area contributed by atoms with Gasteiger partial charge in [-0.25, -0.2) is 8.78 Å². The van der Waals surface area contributed by atoms with E-state index < -0.39 is 0 Å². The summed E-state index contributed by atoms with van der Waals surface area (Å²) in [6.45, 7) is 7.81. The molecular weight excluding hydrogens is 446 g/mol. The summed E-state index contributed by atoms with van der Waals surface area (Å²) < 4.78 is 32.6. The van der Waals surface area contributed by atoms with Crippen molar-refractivity contribution in [3.05, 3.63) is 111 Å². The first-order valence-corrected chi connectivity index (χ1v) is 12.0. The number of benzene rings is 2. The number of piperazine rings is 1. The molecule has 6 heteroatoms. The van der Waals surface area contributed by atoms with Crippen LogP contribution in [0.3, 0.4) is 0 Å². The van der Waals surface area contributed by atoms with Gasteiger partial charge < -0.3 is 4.74 Å². The molecule has 0 aromatic heterocycles. The highest BCUT2D eigenvalue weighted by Gasteiger charge is 2.27. The minimum Gasteiger partial charge on any atom is -0.493 e. The molecule has 0 bridgehead atoms. The Bertz CT molecular complexity index is 1140. The minimum absolute atomic E-state index is 0.0719. The van der Waals surface area contributed by atoms with Gasteiger partial charge in [-0.3, -0.25) is 14.6 Å². The topological polar surface area (TPSA) is 32.8 Å². The van der Waals surface area contributed by atoms with Gasteiger partial charge in [0.25, 0.3) is 0 Å². The first kappa shape index (κ1) is 25.0. The van der Waals surface area contributed by atoms with Gasteiger partial charge in [0.1, 0.15) is 11.6 Å². The molecule has 1 fully saturated rings. The van der Waals surface area contributed by atoms with Gasteiger partial charge in [-0.05, 0) is 52.9 Å². The van der Waals surface area contributed by atoms with Crippen LogP contribution in [0, 0.1) is 11.6 Å². The Kier molecular flexibility index (Phi) is 7.93. The van der Waals surface area contributed by atoms with Crippen LogP contribution >= 0.6 is 0 Å². The normalized spacial score (nSPS) is 15.1. The van der Waals surface area contributed by atoms with Crippen LogP contribution in [-0.4, -0.2) is 43.1 Å². The number of methoxy groups -OCH3 is 1. The molecule has 0 unspecified atom stereocenters. The van der Waals surface area contributed by atoms with E-state index >= 15 is 0 Å². The van der Waals surface area contributed by atoms with Gasteiger partial charge in [-0.1, -0.05) is 50.2 Å². The first-order valence-electron chi connectivity index (χ1n) is 12.0. The van der Waals surface area contributed by atoms with Crippen LogP contribution in [0.4, 0.5) is 8.78 Å². The van der Waals surface area contributed by atoms with Crippen LogP contribution in [-0.2, 0) is 6.54 Å². The lowest BCUT2D eigenvalue weighted by Crippen LogP contribution is -2.47. The molecule has 0 aliphatic carbocycles. The van der Waals surface area contributed by atoms with Crippen molar-refractivity contribution in [2.75, 3.05) is 33.3 Å². The zero-order valence-electron chi connectivity index (χ0n) is 20.5. The fourth-order valence-electron chi connectivity index (χ4n) is 4.66. The smallest absolute Gasteiger partial charge is 0.224 e. The van der Waals surface area contributed by atoms with Gasteiger partial charge >= 0.3 is 0 Å². The third-order valence-electron chi connectivity index (χ3n) is 6.71. The van der Waals surface area contributed by atoms with Crippen LogP contribution < -0.4 is 10.2 Å². The quantitative estimate of drug-likeness (QED) is 0.458. The molecule has 3 aromatic carbocycles. The molecule has 1 heterocycles. The minimum atomic E-state index is -0.281. The maximum Gasteiger partial charge on any atom is 0.224 e. The van der Waals surface area contributed by atoms with Crippen LogP contribution in [0.1, 0.15) is 48.1 Å². The average Bonchev–Trinajstić information content (AvgIpc) is 3.01. The maximum absolute atomic E-state index is 13.6. The van der Waals surface area contributed by atoms with Gasteiger partial charge in [0.15, 0.2) is 5.75 Å². The Labute approximate surface area is 205 Å². The summed E-state index contributed by atoms with van der Waals surface area (Å²) in [5.74, 6) is 0.107. The summed E-state index contributed by atoms with van der Waals surface area (Å²) in [5.41, 5.74) is 3.65. The molecule has 184 valence electrons. The van der Waals surface area contributed by atoms with Crippen molar-refractivity contribution in [2.45, 2.75) is 32.4 Å². The lowest BCUT2D eigenvalue weighted by atomic mass is 9.96. The van der Waals surface area contributed by atoms with Gasteiger partial charge in [0, 0.05) is 38.3 Å². The van der Waals surface area contributed by atoms with Gasteiger partial charge in [0.2, 0.25) is 5.43 Å². The lowest BCUT2D eigenvalue weighted by Gasteiger charge is -2.39. The Morgan fingerprint density at radius 1 is 0.800 bits per heavy atom. The van der Waals surface area contributed by atoms with Gasteiger partial charge in [-0.15, -0.1) is 0 Å². The summed E-state index contributed by atoms with van der Waals surface area (Å²) in [6.07, 6.45) is 0. The molecule has 1 saturated heterocycles. The molecule has 0 atom stereocenters. The molecule has 3 aromatic rings. The fraction of sp³-hybridized carbons (Fsp3) is 0.345. The Morgan fingerprint density at radius 3 is 1.80 bits per heavy atom. The monoisotopic (exact) mass is 478 g/mol. The molecule has 0 saturated carbocycles. The molecule has 1 aliphatic heterocycles. The predicted octanol–water partition coefficient (Wildman–Crippen LogP) is 5.36. The standard InChI is InChI=1S/C29H32F2N2O2/c1-20(2)23-4-5-24(29(34)27(18-23)35-3)19-32-14-16-33(17-15-32)28(21-6-10-25(30)11-7-21)22-8-12-26(31)13-9-22/h4-13,18,20,28H,14-17,19H2,1-3H3. The Hall–Kier alpha value is -3.09. The Balaban J connectivity index is 1.53. The fourth-order valence-corrected chi connectivity index (χ4v) is 4.66. The number of ether oxygens (including phenoxy) is 1. The average molecular weight is 479 g/mol. The summed E-state index contributed by atoms with van der Waals surface area (Å²) in [6, 6.07) is 18.7. The van der Waals surface area contributed by atoms with E-state index in [-0.39, 0.29) is 23.1 Å². The van der Waals surface area contributed by atoms with E-state index in [1.165, 1.54) is 31.4 Å². The second-order valence-corrected chi connectivity index (χ2v) is 9.37. The van der Waals surface area contributed by atoms with E-state index in [0.29, 0.717) is 18.2 Å². The third kappa shape index (κ3) is 5.95. The van der Waals surface area contributed by atoms with Crippen LogP contribution in [0.5, 0.6) is 5.75 Å². The highest BCUT2D eigenvalue weighted by molar-refractivity contribution is 5.34. The molecule has 0 spiro atoms. The second-order valence-electron chi connectivity index (χ2n) is 9.37. The zero-order chi connectivity index (χ0) is 24.9. The highest BCUT2D eigenvalue weighted by Crippen LogP contribution is 2.30. The molecule has 0 amide bonds. The summed E-state index contributed by atoms with van der Waals surface area (Å²) in [5, 5.41) is 0. The highest BCUT2D eigenvalue weighted by atomic mass is 19.1. The Morgan fingerprint density at radius 2 is 1.31 bits per heavy atom. The SMILES string of the molecule is COc1cc(C(C)C)ccc(CN2CCN(C(c3ccc(F)cc3)c3ccc(F)cc3)CC2)c1=O. The number of halogens is 2. The first-order chi connectivity index (χ1) is 16.9. The summed E-state index contributed by atoms with van der Waals surface area (Å²) in [4.78, 5) is 17.6. The van der Waals surface area contributed by atoms with Crippen LogP contribution in [0.2, 0.25) is 0 Å². The van der Waals surface area contributed by atoms with Crippen molar-refractivity contribution in [1.82, 2.24) is 9.80 Å². The summed E-state index contributed by atoms with van der Waals surface area (Å²) in [7, 11) is 1.54. The number of rotatable bonds is 7. The molecular formula is C29H32F2N2O2. The predicted molar refractivity (Wildman–Crippen MR) is 135 cm³/mol. The maximum atomic E-state index is 13.6. The largest absolute Gasteiger partial charge is 0.493 e. The number of hydrogen-bond acceptors (Lipinski definition) is 4. The molecule has 4 nitrogen and oxygen atoms in total. The van der Waals surface area contributed by atoms with Crippen molar-refractivity contribution in [3.63, 3.8) is 0 Å². The molecule has 0 N–H and O–H groups in total. The van der Waals surface area contributed by atoms with E-state index in [9.17, 15) is 13.6 Å². The van der Waals surface area contributed by atoms with E-state index in [1.54, 1.807) is 24.3 Å². The van der Waals surface area contributed by atoms with Crippen LogP contribution in [0.25, 0.3) is 0 Å². The van der Waals surface area contributed by atoms with Crippen molar-refractivity contribution in [2.24, 2.45) is 0 Å². The van der Waals surface area contributed by atoms with Crippen molar-refractivity contribution < 1.29 is 13.5 Å². The molecule has 0 radical (unpaired) electrons. The molecule has 1 aliphatic rings. The van der Waals surface area contributed by atoms with E-state index in [0.717, 1.165) is 48.4 Å². The third-order valence-corrected chi connectivity index (χ3v) is 6.71. The number of nitrogens with zero attached hydrogens (tertiary/aromatic N) is 2. The van der Waals surface area contributed by atoms with E-state index in [4.69, 9.17) is 4.74 Å². The van der Waals surface area contributed by atoms with Crippen molar-refractivity contribution in [1.29, 1.82) is 0 Å². The van der Waals surface area contributed by atoms with Crippen molar-refractivity contribution in [3.8, 4) is 5.75 Å². The van der Waals surface area contributed by atoms with Crippen molar-refractivity contribution >= 4 is 0 Å². The van der Waals surface area contributed by atoms with Gasteiger partial charge in [-0.2, -0.15) is 0 Å². The number of hydrogen-bond donors (Lipinski definition) is 0. The zero-order valence-corrected chi connectivity index (χ0v) is 20.5.